The lowest BCUT2D eigenvalue weighted by atomic mass is 10.2. The minimum Gasteiger partial charge on any atom is -1.00 e. The second kappa shape index (κ2) is 7.62. The summed E-state index contributed by atoms with van der Waals surface area (Å²) in [5, 5.41) is 0. The number of hydrogen-bond donors (Lipinski definition) is 0. The van der Waals surface area contributed by atoms with E-state index in [0.29, 0.717) is 0 Å². The Balaban J connectivity index is 0.00000196. The summed E-state index contributed by atoms with van der Waals surface area (Å²) in [5.41, 5.74) is 1.52. The highest BCUT2D eigenvalue weighted by molar-refractivity contribution is 7.73. The van der Waals surface area contributed by atoms with Crippen LogP contribution in [-0.2, 0) is 6.16 Å². The van der Waals surface area contributed by atoms with Crippen molar-refractivity contribution in [2.24, 2.45) is 0 Å². The number of rotatable bonds is 5. The first kappa shape index (κ1) is 15.4. The Kier molecular flexibility index (Phi) is 7.81. The Hall–Kier alpha value is 0.380. The molecule has 15 heavy (non-hydrogen) atoms. The fraction of sp³-hybridized carbons (Fsp3) is 0.538. The Morgan fingerprint density at radius 1 is 1.07 bits per heavy atom. The zero-order valence-electron chi connectivity index (χ0n) is 10.0. The first-order valence-electron chi connectivity index (χ1n) is 5.50. The molecule has 0 nitrogen and oxygen atoms in total. The van der Waals surface area contributed by atoms with E-state index < -0.39 is 7.26 Å². The largest absolute Gasteiger partial charge is 1.00 e. The Labute approximate surface area is 112 Å². The van der Waals surface area contributed by atoms with Crippen molar-refractivity contribution < 1.29 is 24.0 Å². The van der Waals surface area contributed by atoms with Gasteiger partial charge in [0.05, 0.1) is 12.3 Å². The molecule has 0 atom stereocenters. The lowest BCUT2D eigenvalue weighted by molar-refractivity contribution is -0.00000326. The van der Waals surface area contributed by atoms with Gasteiger partial charge < -0.3 is 24.0 Å². The molecule has 0 aromatic heterocycles. The van der Waals surface area contributed by atoms with Crippen LogP contribution < -0.4 is 24.0 Å². The van der Waals surface area contributed by atoms with Gasteiger partial charge in [-0.2, -0.15) is 0 Å². The number of halogens is 1. The minimum absolute atomic E-state index is 0. The normalized spacial score (nSPS) is 10.9. The third kappa shape index (κ3) is 6.52. The van der Waals surface area contributed by atoms with Crippen LogP contribution in [0.2, 0.25) is 0 Å². The van der Waals surface area contributed by atoms with Crippen LogP contribution in [0.5, 0.6) is 0 Å². The summed E-state index contributed by atoms with van der Waals surface area (Å²) in [6.45, 7) is 7.24. The zero-order chi connectivity index (χ0) is 10.4. The molecule has 0 unspecified atom stereocenters. The van der Waals surface area contributed by atoms with Crippen molar-refractivity contribution in [2.75, 3.05) is 19.5 Å². The molecule has 86 valence electrons. The second-order valence-electron chi connectivity index (χ2n) is 4.66. The summed E-state index contributed by atoms with van der Waals surface area (Å²) in [6, 6.07) is 10.9. The quantitative estimate of drug-likeness (QED) is 0.561. The number of hydrogen-bond acceptors (Lipinski definition) is 0. The maximum atomic E-state index is 2.48. The molecule has 1 rings (SSSR count). The van der Waals surface area contributed by atoms with Crippen molar-refractivity contribution in [1.29, 1.82) is 0 Å². The molecule has 0 aliphatic heterocycles. The maximum absolute atomic E-state index is 2.48. The maximum Gasteiger partial charge on any atom is 0.0837 e. The average Bonchev–Trinajstić information content (AvgIpc) is 2.16. The van der Waals surface area contributed by atoms with E-state index in [1.807, 2.05) is 0 Å². The highest BCUT2D eigenvalue weighted by Gasteiger charge is 2.24. The first-order valence-corrected chi connectivity index (χ1v) is 8.55. The second-order valence-corrected chi connectivity index (χ2v) is 9.29. The minimum atomic E-state index is -0.681. The molecule has 0 spiro atoms. The van der Waals surface area contributed by atoms with Gasteiger partial charge in [0, 0.05) is 20.6 Å². The van der Waals surface area contributed by atoms with E-state index in [2.05, 4.69) is 50.6 Å². The molecular weight excluding hydrogens is 314 g/mol. The van der Waals surface area contributed by atoms with E-state index in [1.165, 1.54) is 30.7 Å². The average molecular weight is 336 g/mol. The monoisotopic (exact) mass is 336 g/mol. The summed E-state index contributed by atoms with van der Waals surface area (Å²) in [6.07, 6.45) is 5.48. The van der Waals surface area contributed by atoms with Crippen LogP contribution in [0.1, 0.15) is 25.3 Å². The topological polar surface area (TPSA) is 0 Å². The van der Waals surface area contributed by atoms with E-state index in [-0.39, 0.29) is 24.0 Å². The number of benzene rings is 1. The Bertz CT molecular complexity index is 256. The van der Waals surface area contributed by atoms with Crippen molar-refractivity contribution in [3.05, 3.63) is 35.9 Å². The third-order valence-corrected chi connectivity index (χ3v) is 5.32. The summed E-state index contributed by atoms with van der Waals surface area (Å²) < 4.78 is 0. The highest BCUT2D eigenvalue weighted by Crippen LogP contribution is 2.54. The molecule has 0 amide bonds. The predicted octanol–water partition coefficient (Wildman–Crippen LogP) is 1.27. The molecule has 0 bridgehead atoms. The van der Waals surface area contributed by atoms with E-state index in [4.69, 9.17) is 0 Å². The van der Waals surface area contributed by atoms with Crippen LogP contribution in [0.15, 0.2) is 30.3 Å². The lowest BCUT2D eigenvalue weighted by Crippen LogP contribution is -3.00. The fourth-order valence-corrected chi connectivity index (χ4v) is 4.27. The summed E-state index contributed by atoms with van der Waals surface area (Å²) in [4.78, 5) is 0. The van der Waals surface area contributed by atoms with Gasteiger partial charge in [0.15, 0.2) is 0 Å². The molecule has 0 saturated carbocycles. The van der Waals surface area contributed by atoms with E-state index in [1.54, 1.807) is 0 Å². The first-order chi connectivity index (χ1) is 6.64. The summed E-state index contributed by atoms with van der Waals surface area (Å²) in [5.74, 6) is 0. The van der Waals surface area contributed by atoms with Gasteiger partial charge in [-0.15, -0.1) is 0 Å². The van der Waals surface area contributed by atoms with Gasteiger partial charge in [-0.05, 0) is 12.0 Å². The van der Waals surface area contributed by atoms with Crippen molar-refractivity contribution in [3.63, 3.8) is 0 Å². The molecule has 0 saturated heterocycles. The van der Waals surface area contributed by atoms with Gasteiger partial charge >= 0.3 is 0 Å². The van der Waals surface area contributed by atoms with Gasteiger partial charge in [0.2, 0.25) is 0 Å². The van der Waals surface area contributed by atoms with Gasteiger partial charge in [0.25, 0.3) is 0 Å². The molecule has 2 heteroatoms. The summed E-state index contributed by atoms with van der Waals surface area (Å²) in [7, 11) is -0.681. The third-order valence-electron chi connectivity index (χ3n) is 2.57. The molecule has 1 aromatic rings. The van der Waals surface area contributed by atoms with Gasteiger partial charge in [-0.25, -0.2) is 0 Å². The Morgan fingerprint density at radius 3 is 2.20 bits per heavy atom. The van der Waals surface area contributed by atoms with Crippen LogP contribution >= 0.6 is 7.26 Å². The standard InChI is InChI=1S/C13H22P.HI/c1-4-5-11-14(2,3)12-13-9-7-6-8-10-13;/h6-10H,4-5,11-12H2,1-3H3;1H/q+1;/p-1. The SMILES string of the molecule is CCCC[P+](C)(C)Cc1ccccc1.[I-]. The van der Waals surface area contributed by atoms with Crippen LogP contribution in [-0.4, -0.2) is 19.5 Å². The van der Waals surface area contributed by atoms with Crippen LogP contribution in [0.25, 0.3) is 0 Å². The van der Waals surface area contributed by atoms with Crippen LogP contribution in [0.3, 0.4) is 0 Å². The molecule has 0 heterocycles. The summed E-state index contributed by atoms with van der Waals surface area (Å²) >= 11 is 0. The van der Waals surface area contributed by atoms with Gasteiger partial charge in [-0.3, -0.25) is 0 Å². The van der Waals surface area contributed by atoms with Gasteiger partial charge in [-0.1, -0.05) is 43.7 Å². The van der Waals surface area contributed by atoms with E-state index in [9.17, 15) is 0 Å². The molecule has 0 N–H and O–H groups in total. The molecule has 0 fully saturated rings. The predicted molar refractivity (Wildman–Crippen MR) is 68.7 cm³/mol. The molecular formula is C13H22IP. The van der Waals surface area contributed by atoms with Crippen molar-refractivity contribution >= 4 is 7.26 Å². The number of unbranched alkanes of at least 4 members (excludes halogenated alkanes) is 1. The molecule has 1 aromatic carbocycles. The molecule has 0 aliphatic carbocycles. The van der Waals surface area contributed by atoms with Gasteiger partial charge in [0.1, 0.15) is 0 Å². The van der Waals surface area contributed by atoms with Crippen molar-refractivity contribution in [1.82, 2.24) is 0 Å². The lowest BCUT2D eigenvalue weighted by Gasteiger charge is -2.17. The van der Waals surface area contributed by atoms with Crippen molar-refractivity contribution in [3.8, 4) is 0 Å². The highest BCUT2D eigenvalue weighted by atomic mass is 127. The van der Waals surface area contributed by atoms with E-state index in [0.717, 1.165) is 0 Å². The van der Waals surface area contributed by atoms with E-state index >= 15 is 0 Å². The molecule has 0 aliphatic rings. The Morgan fingerprint density at radius 2 is 1.67 bits per heavy atom. The zero-order valence-corrected chi connectivity index (χ0v) is 13.1. The fourth-order valence-electron chi connectivity index (χ4n) is 1.74. The van der Waals surface area contributed by atoms with Crippen LogP contribution in [0, 0.1) is 0 Å². The molecule has 0 radical (unpaired) electrons. The smallest absolute Gasteiger partial charge is 0.0837 e. The van der Waals surface area contributed by atoms with Crippen LogP contribution in [0.4, 0.5) is 0 Å². The van der Waals surface area contributed by atoms with Crippen molar-refractivity contribution in [2.45, 2.75) is 25.9 Å².